The number of nitrogens with one attached hydrogen (secondary N) is 1. The molecule has 0 saturated heterocycles. The van der Waals surface area contributed by atoms with Gasteiger partial charge >= 0.3 is 0 Å². The third-order valence-corrected chi connectivity index (χ3v) is 4.38. The SMILES string of the molecule is C=O.CC.CCCCCCCCC(=O)c1ccc(CNCCCC)cc1C.CO.CO. The molecule has 1 rings (SSSR count). The number of carbonyl (C=O) groups excluding carboxylic acids is 2. The number of aryl methyl sites for hydroxylation is 1. The van der Waals surface area contributed by atoms with Gasteiger partial charge in [0.25, 0.3) is 0 Å². The van der Waals surface area contributed by atoms with Crippen LogP contribution in [0.5, 0.6) is 0 Å². The highest BCUT2D eigenvalue weighted by Crippen LogP contribution is 2.16. The van der Waals surface area contributed by atoms with Crippen LogP contribution in [0.1, 0.15) is 107 Å². The van der Waals surface area contributed by atoms with Gasteiger partial charge in [-0.25, -0.2) is 0 Å². The molecule has 3 N–H and O–H groups in total. The molecular formula is C26H51NO4. The molecule has 0 aliphatic carbocycles. The predicted molar refractivity (Wildman–Crippen MR) is 135 cm³/mol. The molecule has 0 atom stereocenters. The Morgan fingerprint density at radius 2 is 1.39 bits per heavy atom. The topological polar surface area (TPSA) is 86.6 Å². The first kappa shape index (κ1) is 36.8. The largest absolute Gasteiger partial charge is 0.400 e. The quantitative estimate of drug-likeness (QED) is 0.263. The van der Waals surface area contributed by atoms with E-state index < -0.39 is 0 Å². The van der Waals surface area contributed by atoms with E-state index in [1.807, 2.05) is 26.7 Å². The molecule has 0 fully saturated rings. The van der Waals surface area contributed by atoms with E-state index in [2.05, 4.69) is 38.2 Å². The molecule has 0 saturated carbocycles. The summed E-state index contributed by atoms with van der Waals surface area (Å²) in [6.45, 7) is 14.5. The fraction of sp³-hybridized carbons (Fsp3) is 0.692. The van der Waals surface area contributed by atoms with Crippen molar-refractivity contribution >= 4 is 12.6 Å². The number of benzene rings is 1. The molecule has 0 amide bonds. The smallest absolute Gasteiger partial charge is 0.163 e. The van der Waals surface area contributed by atoms with Gasteiger partial charge in [0.15, 0.2) is 5.78 Å². The monoisotopic (exact) mass is 441 g/mol. The molecule has 31 heavy (non-hydrogen) atoms. The molecule has 5 nitrogen and oxygen atoms in total. The molecule has 0 aliphatic heterocycles. The third kappa shape index (κ3) is 22.9. The van der Waals surface area contributed by atoms with E-state index in [0.717, 1.165) is 44.9 Å². The Morgan fingerprint density at radius 3 is 1.90 bits per heavy atom. The van der Waals surface area contributed by atoms with Crippen molar-refractivity contribution in [3.05, 3.63) is 34.9 Å². The number of ketones is 1. The number of unbranched alkanes of at least 4 members (excludes halogenated alkanes) is 6. The second kappa shape index (κ2) is 33.1. The third-order valence-electron chi connectivity index (χ3n) is 4.38. The van der Waals surface area contributed by atoms with Crippen molar-refractivity contribution in [3.8, 4) is 0 Å². The first-order chi connectivity index (χ1) is 15.2. The molecule has 0 aliphatic rings. The summed E-state index contributed by atoms with van der Waals surface area (Å²) >= 11 is 0. The molecule has 5 heteroatoms. The molecule has 0 bridgehead atoms. The van der Waals surface area contributed by atoms with Crippen molar-refractivity contribution < 1.29 is 19.8 Å². The number of aliphatic hydroxyl groups excluding tert-OH is 2. The van der Waals surface area contributed by atoms with Gasteiger partial charge in [0.1, 0.15) is 6.79 Å². The minimum Gasteiger partial charge on any atom is -0.400 e. The Kier molecular flexibility index (Phi) is 39.3. The predicted octanol–water partition coefficient (Wildman–Crippen LogP) is 5.88. The number of hydrogen-bond donors (Lipinski definition) is 3. The lowest BCUT2D eigenvalue weighted by Gasteiger charge is -2.09. The van der Waals surface area contributed by atoms with E-state index in [4.69, 9.17) is 15.0 Å². The molecule has 184 valence electrons. The summed E-state index contributed by atoms with van der Waals surface area (Å²) in [6, 6.07) is 6.28. The van der Waals surface area contributed by atoms with Crippen LogP contribution in [0.25, 0.3) is 0 Å². The van der Waals surface area contributed by atoms with Crippen molar-refractivity contribution in [1.29, 1.82) is 0 Å². The van der Waals surface area contributed by atoms with Gasteiger partial charge in [0.2, 0.25) is 0 Å². The van der Waals surface area contributed by atoms with Crippen molar-refractivity contribution in [3.63, 3.8) is 0 Å². The van der Waals surface area contributed by atoms with E-state index in [0.29, 0.717) is 12.2 Å². The number of Topliss-reactive ketones (excluding diaryl/α,β-unsaturated/α-hetero) is 1. The van der Waals surface area contributed by atoms with Crippen molar-refractivity contribution in [2.24, 2.45) is 0 Å². The summed E-state index contributed by atoms with van der Waals surface area (Å²) in [4.78, 5) is 20.3. The number of carbonyl (C=O) groups is 2. The molecule has 1 aromatic rings. The average molecular weight is 442 g/mol. The van der Waals surface area contributed by atoms with Crippen molar-refractivity contribution in [2.75, 3.05) is 20.8 Å². The van der Waals surface area contributed by atoms with Gasteiger partial charge in [-0.1, -0.05) is 84.4 Å². The van der Waals surface area contributed by atoms with E-state index >= 15 is 0 Å². The van der Waals surface area contributed by atoms with Gasteiger partial charge in [-0.05, 0) is 37.4 Å². The van der Waals surface area contributed by atoms with Crippen molar-refractivity contribution in [2.45, 2.75) is 99.0 Å². The summed E-state index contributed by atoms with van der Waals surface area (Å²) in [6.07, 6.45) is 10.5. The van der Waals surface area contributed by atoms with E-state index in [9.17, 15) is 4.79 Å². The summed E-state index contributed by atoms with van der Waals surface area (Å²) in [7, 11) is 2.00. The Labute approximate surface area is 192 Å². The van der Waals surface area contributed by atoms with Crippen molar-refractivity contribution in [1.82, 2.24) is 5.32 Å². The summed E-state index contributed by atoms with van der Waals surface area (Å²) in [5.41, 5.74) is 3.31. The van der Waals surface area contributed by atoms with Crippen LogP contribution in [0.15, 0.2) is 18.2 Å². The van der Waals surface area contributed by atoms with Gasteiger partial charge in [-0.15, -0.1) is 0 Å². The normalized spacial score (nSPS) is 8.81. The fourth-order valence-electron chi connectivity index (χ4n) is 2.88. The average Bonchev–Trinajstić information content (AvgIpc) is 2.84. The number of rotatable bonds is 13. The molecule has 1 aromatic carbocycles. The van der Waals surface area contributed by atoms with Crippen LogP contribution in [0.2, 0.25) is 0 Å². The van der Waals surface area contributed by atoms with Gasteiger partial charge in [-0.3, -0.25) is 4.79 Å². The second-order valence-corrected chi connectivity index (χ2v) is 6.62. The summed E-state index contributed by atoms with van der Waals surface area (Å²) in [5, 5.41) is 17.5. The summed E-state index contributed by atoms with van der Waals surface area (Å²) in [5.74, 6) is 0.309. The Balaban J connectivity index is -0.000000407. The maximum absolute atomic E-state index is 12.3. The minimum absolute atomic E-state index is 0.309. The van der Waals surface area contributed by atoms with Crippen LogP contribution in [0.3, 0.4) is 0 Å². The highest BCUT2D eigenvalue weighted by atomic mass is 16.2. The highest BCUT2D eigenvalue weighted by molar-refractivity contribution is 5.97. The second-order valence-electron chi connectivity index (χ2n) is 6.62. The van der Waals surface area contributed by atoms with Crippen LogP contribution in [-0.2, 0) is 11.3 Å². The molecule has 0 heterocycles. The van der Waals surface area contributed by atoms with Gasteiger partial charge in [0.05, 0.1) is 0 Å². The first-order valence-corrected chi connectivity index (χ1v) is 11.7. The molecule has 0 unspecified atom stereocenters. The van der Waals surface area contributed by atoms with E-state index in [1.54, 1.807) is 0 Å². The van der Waals surface area contributed by atoms with Crippen LogP contribution in [0.4, 0.5) is 0 Å². The molecule has 0 radical (unpaired) electrons. The molecule has 0 spiro atoms. The number of aliphatic hydroxyl groups is 2. The standard InChI is InChI=1S/C21H35NO.C2H6.2CH4O.CH2O/c1-4-6-8-9-10-11-12-21(23)20-14-13-19(16-18(20)3)17-22-15-7-5-2;4*1-2/h13-14,16,22H,4-12,15,17H2,1-3H3;1-2H3;2*2H,1H3;1H2. The van der Waals surface area contributed by atoms with E-state index in [-0.39, 0.29) is 0 Å². The lowest BCUT2D eigenvalue weighted by atomic mass is 9.98. The Hall–Kier alpha value is -1.56. The maximum Gasteiger partial charge on any atom is 0.163 e. The van der Waals surface area contributed by atoms with Crippen LogP contribution < -0.4 is 5.32 Å². The summed E-state index contributed by atoms with van der Waals surface area (Å²) < 4.78 is 0. The lowest BCUT2D eigenvalue weighted by Crippen LogP contribution is -2.14. The first-order valence-electron chi connectivity index (χ1n) is 11.7. The van der Waals surface area contributed by atoms with E-state index in [1.165, 1.54) is 50.5 Å². The zero-order valence-electron chi connectivity index (χ0n) is 21.4. The minimum atomic E-state index is 0.309. The van der Waals surface area contributed by atoms with Crippen LogP contribution in [0, 0.1) is 6.92 Å². The van der Waals surface area contributed by atoms with Gasteiger partial charge in [0, 0.05) is 32.7 Å². The van der Waals surface area contributed by atoms with Gasteiger partial charge in [-0.2, -0.15) is 0 Å². The Morgan fingerprint density at radius 1 is 0.871 bits per heavy atom. The lowest BCUT2D eigenvalue weighted by molar-refractivity contribution is -0.0980. The Bertz CT molecular complexity index is 478. The maximum atomic E-state index is 12.3. The highest BCUT2D eigenvalue weighted by Gasteiger charge is 2.09. The molecular weight excluding hydrogens is 390 g/mol. The zero-order chi connectivity index (χ0) is 24.9. The van der Waals surface area contributed by atoms with Crippen LogP contribution in [-0.4, -0.2) is 43.5 Å². The number of hydrogen-bond acceptors (Lipinski definition) is 5. The molecule has 0 aromatic heterocycles. The van der Waals surface area contributed by atoms with Gasteiger partial charge < -0.3 is 20.3 Å². The van der Waals surface area contributed by atoms with Crippen LogP contribution >= 0.6 is 0 Å². The zero-order valence-corrected chi connectivity index (χ0v) is 21.4. The fourth-order valence-corrected chi connectivity index (χ4v) is 2.88.